The number of nitrogens with one attached hydrogen (secondary N) is 4. The van der Waals surface area contributed by atoms with E-state index in [1.165, 1.54) is 7.11 Å². The molecule has 1 fully saturated rings. The van der Waals surface area contributed by atoms with E-state index in [9.17, 15) is 19.2 Å². The Morgan fingerprint density at radius 3 is 2.36 bits per heavy atom. The zero-order chi connectivity index (χ0) is 33.7. The maximum absolute atomic E-state index is 14.1. The van der Waals surface area contributed by atoms with Crippen molar-refractivity contribution < 1.29 is 28.7 Å². The quantitative estimate of drug-likeness (QED) is 0.165. The summed E-state index contributed by atoms with van der Waals surface area (Å²) in [5.41, 5.74) is 9.38. The standard InChI is InChI=1S/C37H40N4O6/c1-8-20-17(4)24-13-25-18(5)22(11-12-30(43)47-10-3)34(40-25)32-33(37(45)46-7)36(44)31-19(6)26(41-35(31)32)14-28-21(9-2)23(16-42)29(39-28)15-27(20)38-24/h8,13-16,18,22,33,38-41H,1,9-12H2,2-7H3/b25-13-,28-14-,29-15+,34-32-/t18-,22-,33+/m0/s1. The largest absolute Gasteiger partial charge is 0.468 e. The summed E-state index contributed by atoms with van der Waals surface area (Å²) >= 11 is 0. The average Bonchev–Trinajstić information content (AvgIpc) is 3.80. The number of aldehydes is 1. The van der Waals surface area contributed by atoms with Gasteiger partial charge in [0.25, 0.3) is 0 Å². The summed E-state index contributed by atoms with van der Waals surface area (Å²) in [7, 11) is 1.28. The zero-order valence-electron chi connectivity index (χ0n) is 27.6. The van der Waals surface area contributed by atoms with Crippen LogP contribution in [0, 0.1) is 31.6 Å². The lowest BCUT2D eigenvalue weighted by Gasteiger charge is -2.19. The molecule has 0 saturated carbocycles. The van der Waals surface area contributed by atoms with Gasteiger partial charge in [-0.15, -0.1) is 0 Å². The molecular formula is C37H40N4O6. The normalized spacial score (nSPS) is 23.6. The fourth-order valence-electron chi connectivity index (χ4n) is 7.45. The summed E-state index contributed by atoms with van der Waals surface area (Å²) in [5, 5.41) is 5.00. The predicted molar refractivity (Wildman–Crippen MR) is 179 cm³/mol. The number of allylic oxidation sites excluding steroid dienone is 2. The number of hydrogen-bond acceptors (Lipinski definition) is 7. The Morgan fingerprint density at radius 2 is 1.70 bits per heavy atom. The summed E-state index contributed by atoms with van der Waals surface area (Å²) < 4.78 is 10.4. The maximum Gasteiger partial charge on any atom is 0.321 e. The number of rotatable bonds is 8. The summed E-state index contributed by atoms with van der Waals surface area (Å²) in [4.78, 5) is 62.9. The number of H-pyrrole nitrogens is 3. The molecule has 244 valence electrons. The number of carbonyl (C=O) groups excluding carboxylic acids is 4. The SMILES string of the molecule is C=Cc1c2[nH]c(c1C)/C=C1\N/C(=C3\c4[nH]c(c(C)c4C(=O)[C@@H]3C(=O)OC)/C=c3\[nH]/c(c(C=O)c3CC)=C/2)[C@@H](CCC(=O)OCC)[C@@H]1C. The third-order valence-corrected chi connectivity index (χ3v) is 9.92. The van der Waals surface area contributed by atoms with Crippen molar-refractivity contribution in [3.8, 4) is 0 Å². The van der Waals surface area contributed by atoms with Crippen LogP contribution in [0.25, 0.3) is 29.9 Å². The number of esters is 2. The molecule has 3 aliphatic rings. The van der Waals surface area contributed by atoms with Gasteiger partial charge in [-0.25, -0.2) is 0 Å². The second-order valence-electron chi connectivity index (χ2n) is 12.3. The second kappa shape index (κ2) is 12.2. The van der Waals surface area contributed by atoms with Crippen LogP contribution in [0.1, 0.15) is 99.4 Å². The van der Waals surface area contributed by atoms with E-state index in [0.717, 1.165) is 45.4 Å². The molecule has 6 rings (SSSR count). The van der Waals surface area contributed by atoms with Gasteiger partial charge in [-0.3, -0.25) is 19.2 Å². The Hall–Kier alpha value is -5.12. The van der Waals surface area contributed by atoms with Gasteiger partial charge in [0.15, 0.2) is 12.1 Å². The summed E-state index contributed by atoms with van der Waals surface area (Å²) in [6.07, 6.45) is 9.76. The van der Waals surface area contributed by atoms with Crippen LogP contribution in [-0.2, 0) is 25.5 Å². The average molecular weight is 637 g/mol. The van der Waals surface area contributed by atoms with E-state index in [-0.39, 0.29) is 36.6 Å². The van der Waals surface area contributed by atoms with Gasteiger partial charge in [-0.2, -0.15) is 0 Å². The maximum atomic E-state index is 14.1. The molecule has 0 spiro atoms. The Balaban J connectivity index is 1.71. The molecule has 4 N–H and O–H groups in total. The molecular weight excluding hydrogens is 596 g/mol. The first kappa shape index (κ1) is 31.8. The van der Waals surface area contributed by atoms with Gasteiger partial charge < -0.3 is 29.7 Å². The smallest absolute Gasteiger partial charge is 0.321 e. The molecule has 10 nitrogen and oxygen atoms in total. The van der Waals surface area contributed by atoms with E-state index in [0.29, 0.717) is 57.5 Å². The molecule has 8 bridgehead atoms. The van der Waals surface area contributed by atoms with Gasteiger partial charge >= 0.3 is 11.9 Å². The second-order valence-corrected chi connectivity index (χ2v) is 12.3. The third-order valence-electron chi connectivity index (χ3n) is 9.92. The van der Waals surface area contributed by atoms with Crippen molar-refractivity contribution >= 4 is 53.9 Å². The van der Waals surface area contributed by atoms with E-state index >= 15 is 0 Å². The van der Waals surface area contributed by atoms with Crippen molar-refractivity contribution in [2.45, 2.75) is 53.9 Å². The van der Waals surface area contributed by atoms with Crippen molar-refractivity contribution in [2.75, 3.05) is 13.7 Å². The van der Waals surface area contributed by atoms with Crippen molar-refractivity contribution in [1.82, 2.24) is 20.3 Å². The summed E-state index contributed by atoms with van der Waals surface area (Å²) in [6.45, 7) is 14.0. The summed E-state index contributed by atoms with van der Waals surface area (Å²) in [6, 6.07) is 0. The molecule has 3 aromatic heterocycles. The molecule has 3 atom stereocenters. The van der Waals surface area contributed by atoms with E-state index in [4.69, 9.17) is 9.47 Å². The highest BCUT2D eigenvalue weighted by Crippen LogP contribution is 2.48. The molecule has 1 saturated heterocycles. The molecule has 0 radical (unpaired) electrons. The summed E-state index contributed by atoms with van der Waals surface area (Å²) in [5.74, 6) is -2.80. The number of ketones is 1. The molecule has 5 heterocycles. The Morgan fingerprint density at radius 1 is 0.979 bits per heavy atom. The zero-order valence-corrected chi connectivity index (χ0v) is 27.6. The van der Waals surface area contributed by atoms with Crippen molar-refractivity contribution in [3.63, 3.8) is 0 Å². The van der Waals surface area contributed by atoms with Gasteiger partial charge in [0.2, 0.25) is 0 Å². The molecule has 1 aliphatic carbocycles. The lowest BCUT2D eigenvalue weighted by Crippen LogP contribution is -2.25. The topological polar surface area (TPSA) is 146 Å². The molecule has 2 aliphatic heterocycles. The number of methoxy groups -OCH3 is 1. The van der Waals surface area contributed by atoms with Crippen LogP contribution in [0.4, 0.5) is 0 Å². The number of aromatic nitrogens is 3. The first-order valence-corrected chi connectivity index (χ1v) is 16.1. The van der Waals surface area contributed by atoms with Crippen LogP contribution < -0.4 is 16.0 Å². The number of aromatic amines is 3. The van der Waals surface area contributed by atoms with Crippen LogP contribution in [0.2, 0.25) is 0 Å². The van der Waals surface area contributed by atoms with Crippen LogP contribution in [-0.4, -0.2) is 52.7 Å². The highest BCUT2D eigenvalue weighted by atomic mass is 16.5. The number of hydrogen-bond donors (Lipinski definition) is 4. The van der Waals surface area contributed by atoms with Crippen molar-refractivity contribution in [2.24, 2.45) is 17.8 Å². The van der Waals surface area contributed by atoms with Crippen molar-refractivity contribution in [3.05, 3.63) is 84.8 Å². The first-order chi connectivity index (χ1) is 22.6. The molecule has 0 unspecified atom stereocenters. The van der Waals surface area contributed by atoms with Gasteiger partial charge in [-0.1, -0.05) is 26.5 Å². The van der Waals surface area contributed by atoms with Crippen LogP contribution >= 0.6 is 0 Å². The number of Topliss-reactive ketones (excluding diaryl/α,β-unsaturated/α-hetero) is 1. The lowest BCUT2D eigenvalue weighted by molar-refractivity contribution is -0.143. The molecule has 47 heavy (non-hydrogen) atoms. The fourth-order valence-corrected chi connectivity index (χ4v) is 7.45. The van der Waals surface area contributed by atoms with Crippen molar-refractivity contribution in [1.29, 1.82) is 0 Å². The number of ether oxygens (including phenoxy) is 2. The van der Waals surface area contributed by atoms with E-state index in [2.05, 4.69) is 33.8 Å². The Labute approximate surface area is 272 Å². The van der Waals surface area contributed by atoms with Gasteiger partial charge in [0, 0.05) is 74.3 Å². The van der Waals surface area contributed by atoms with Gasteiger partial charge in [0.1, 0.15) is 5.92 Å². The molecule has 10 heteroatoms. The molecule has 0 amide bonds. The number of fused-ring (bicyclic) bond motifs is 7. The minimum Gasteiger partial charge on any atom is -0.468 e. The first-order valence-electron chi connectivity index (χ1n) is 16.1. The van der Waals surface area contributed by atoms with Crippen LogP contribution in [0.5, 0.6) is 0 Å². The lowest BCUT2D eigenvalue weighted by atomic mass is 9.85. The predicted octanol–water partition coefficient (Wildman–Crippen LogP) is 4.21. The molecule has 0 aromatic carbocycles. The van der Waals surface area contributed by atoms with E-state index < -0.39 is 11.9 Å². The van der Waals surface area contributed by atoms with E-state index in [1.807, 2.05) is 39.0 Å². The van der Waals surface area contributed by atoms with Gasteiger partial charge in [-0.05, 0) is 68.5 Å². The highest BCUT2D eigenvalue weighted by Gasteiger charge is 2.48. The Kier molecular flexibility index (Phi) is 8.29. The van der Waals surface area contributed by atoms with Crippen LogP contribution in [0.15, 0.2) is 18.0 Å². The fraction of sp³-hybridized carbons (Fsp3) is 0.351. The minimum absolute atomic E-state index is 0.108. The van der Waals surface area contributed by atoms with Gasteiger partial charge in [0.05, 0.1) is 24.8 Å². The number of carbonyl (C=O) groups is 4. The third kappa shape index (κ3) is 5.03. The Bertz CT molecular complexity index is 2050. The molecule has 3 aromatic rings. The van der Waals surface area contributed by atoms with E-state index in [1.54, 1.807) is 13.0 Å². The highest BCUT2D eigenvalue weighted by molar-refractivity contribution is 6.24. The van der Waals surface area contributed by atoms with Crippen LogP contribution in [0.3, 0.4) is 0 Å². The minimum atomic E-state index is -1.17. The monoisotopic (exact) mass is 636 g/mol.